The average molecular weight is 448 g/mol. The fraction of sp³-hybridized carbons (Fsp3) is 0.143. The molecule has 4 aromatic rings. The molecular formula is C21H16N6O4S. The Hall–Kier alpha value is -4.30. The van der Waals surface area contributed by atoms with Crippen LogP contribution in [0.25, 0.3) is 15.9 Å². The monoisotopic (exact) mass is 448 g/mol. The van der Waals surface area contributed by atoms with E-state index in [1.807, 2.05) is 12.1 Å². The Balaban J connectivity index is 1.51. The van der Waals surface area contributed by atoms with E-state index in [1.54, 1.807) is 38.2 Å². The molecule has 11 heteroatoms. The molecule has 10 nitrogen and oxygen atoms in total. The number of thiophene rings is 1. The largest absolute Gasteiger partial charge is 0.451 e. The van der Waals surface area contributed by atoms with Gasteiger partial charge >= 0.3 is 5.97 Å². The van der Waals surface area contributed by atoms with Gasteiger partial charge < -0.3 is 14.6 Å². The van der Waals surface area contributed by atoms with Gasteiger partial charge in [-0.25, -0.2) is 14.5 Å². The fourth-order valence-corrected chi connectivity index (χ4v) is 4.12. The minimum atomic E-state index is -0.736. The summed E-state index contributed by atoms with van der Waals surface area (Å²) in [7, 11) is 1.57. The summed E-state index contributed by atoms with van der Waals surface area (Å²) < 4.78 is 7.89. The van der Waals surface area contributed by atoms with Crippen LogP contribution >= 0.6 is 11.3 Å². The third-order valence-electron chi connectivity index (χ3n) is 4.68. The van der Waals surface area contributed by atoms with Crippen LogP contribution in [0.5, 0.6) is 0 Å². The summed E-state index contributed by atoms with van der Waals surface area (Å²) in [6, 6.07) is 10.9. The number of nitrogens with one attached hydrogen (secondary N) is 1. The van der Waals surface area contributed by atoms with Gasteiger partial charge in [0.2, 0.25) is 0 Å². The normalized spacial score (nSPS) is 10.7. The van der Waals surface area contributed by atoms with Crippen LogP contribution in [0.2, 0.25) is 0 Å². The maximum absolute atomic E-state index is 12.6. The summed E-state index contributed by atoms with van der Waals surface area (Å²) >= 11 is 1.03. The number of anilines is 1. The van der Waals surface area contributed by atoms with Crippen LogP contribution < -0.4 is 10.9 Å². The zero-order chi connectivity index (χ0) is 22.8. The Bertz CT molecular complexity index is 1440. The molecule has 3 heterocycles. The van der Waals surface area contributed by atoms with Crippen LogP contribution in [0.3, 0.4) is 0 Å². The first-order chi connectivity index (χ1) is 15.4. The quantitative estimate of drug-likeness (QED) is 0.463. The van der Waals surface area contributed by atoms with Crippen LogP contribution in [0.15, 0.2) is 47.7 Å². The van der Waals surface area contributed by atoms with Crippen LogP contribution in [0, 0.1) is 18.3 Å². The molecule has 0 radical (unpaired) electrons. The van der Waals surface area contributed by atoms with Gasteiger partial charge in [-0.3, -0.25) is 9.59 Å². The number of ether oxygens (including phenoxy) is 1. The highest BCUT2D eigenvalue weighted by atomic mass is 32.1. The summed E-state index contributed by atoms with van der Waals surface area (Å²) in [6.07, 6.45) is 2.72. The van der Waals surface area contributed by atoms with Crippen molar-refractivity contribution in [2.24, 2.45) is 7.05 Å². The molecule has 3 aromatic heterocycles. The van der Waals surface area contributed by atoms with Crippen LogP contribution in [0.1, 0.15) is 20.8 Å². The Morgan fingerprint density at radius 2 is 2.03 bits per heavy atom. The van der Waals surface area contributed by atoms with Crippen molar-refractivity contribution in [3.05, 3.63) is 69.2 Å². The molecule has 0 atom stereocenters. The highest BCUT2D eigenvalue weighted by molar-refractivity contribution is 7.20. The number of aryl methyl sites for hydroxylation is 2. The highest BCUT2D eigenvalue weighted by Crippen LogP contribution is 2.27. The van der Waals surface area contributed by atoms with E-state index in [0.29, 0.717) is 21.5 Å². The van der Waals surface area contributed by atoms with E-state index in [4.69, 9.17) is 4.74 Å². The molecule has 0 bridgehead atoms. The fourth-order valence-electron chi connectivity index (χ4n) is 3.08. The molecule has 160 valence electrons. The maximum Gasteiger partial charge on any atom is 0.349 e. The summed E-state index contributed by atoms with van der Waals surface area (Å²) in [5, 5.41) is 16.4. The van der Waals surface area contributed by atoms with Crippen LogP contribution in [-0.4, -0.2) is 37.8 Å². The number of esters is 1. The van der Waals surface area contributed by atoms with Crippen molar-refractivity contribution in [3.63, 3.8) is 0 Å². The van der Waals surface area contributed by atoms with E-state index in [2.05, 4.69) is 15.4 Å². The lowest BCUT2D eigenvalue weighted by Crippen LogP contribution is -2.23. The highest BCUT2D eigenvalue weighted by Gasteiger charge is 2.22. The first kappa shape index (κ1) is 21.0. The smallest absolute Gasteiger partial charge is 0.349 e. The van der Waals surface area contributed by atoms with E-state index in [9.17, 15) is 19.6 Å². The van der Waals surface area contributed by atoms with Crippen molar-refractivity contribution in [1.29, 1.82) is 5.26 Å². The summed E-state index contributed by atoms with van der Waals surface area (Å²) in [4.78, 5) is 42.1. The lowest BCUT2D eigenvalue weighted by molar-refractivity contribution is -0.119. The number of carbonyl (C=O) groups is 2. The topological polar surface area (TPSA) is 132 Å². The predicted octanol–water partition coefficient (Wildman–Crippen LogP) is 2.16. The molecule has 0 aliphatic rings. The Labute approximate surface area is 185 Å². The molecule has 1 amide bonds. The molecule has 4 rings (SSSR count). The zero-order valence-corrected chi connectivity index (χ0v) is 17.8. The van der Waals surface area contributed by atoms with Gasteiger partial charge in [-0.1, -0.05) is 18.2 Å². The number of para-hydroxylation sites is 1. The molecule has 0 aliphatic heterocycles. The molecule has 0 saturated heterocycles. The van der Waals surface area contributed by atoms with Crippen molar-refractivity contribution in [2.45, 2.75) is 6.92 Å². The molecule has 1 aromatic carbocycles. The number of fused-ring (bicyclic) bond motifs is 1. The van der Waals surface area contributed by atoms with Crippen molar-refractivity contribution >= 4 is 39.2 Å². The molecule has 0 aliphatic carbocycles. The number of amides is 1. The third kappa shape index (κ3) is 3.75. The van der Waals surface area contributed by atoms with E-state index in [-0.39, 0.29) is 21.8 Å². The van der Waals surface area contributed by atoms with Crippen molar-refractivity contribution in [1.82, 2.24) is 19.3 Å². The van der Waals surface area contributed by atoms with Gasteiger partial charge in [0.15, 0.2) is 12.4 Å². The van der Waals surface area contributed by atoms with Crippen LogP contribution in [-0.2, 0) is 16.6 Å². The van der Waals surface area contributed by atoms with Gasteiger partial charge in [-0.05, 0) is 24.6 Å². The van der Waals surface area contributed by atoms with E-state index < -0.39 is 18.5 Å². The second kappa shape index (κ2) is 8.44. The Morgan fingerprint density at radius 3 is 2.75 bits per heavy atom. The minimum absolute atomic E-state index is 0.163. The van der Waals surface area contributed by atoms with E-state index in [1.165, 1.54) is 21.8 Å². The summed E-state index contributed by atoms with van der Waals surface area (Å²) in [5.41, 5.74) is 1.00. The lowest BCUT2D eigenvalue weighted by atomic mass is 10.2. The molecule has 0 fully saturated rings. The number of aromatic nitrogens is 4. The number of nitriles is 1. The number of carbonyl (C=O) groups excluding carboxylic acids is 2. The van der Waals surface area contributed by atoms with Gasteiger partial charge in [0.1, 0.15) is 21.3 Å². The van der Waals surface area contributed by atoms with Gasteiger partial charge in [0.05, 0.1) is 23.6 Å². The molecule has 32 heavy (non-hydrogen) atoms. The van der Waals surface area contributed by atoms with Crippen molar-refractivity contribution in [3.8, 4) is 11.8 Å². The second-order valence-electron chi connectivity index (χ2n) is 6.79. The number of rotatable bonds is 5. The third-order valence-corrected chi connectivity index (χ3v) is 5.86. The number of nitrogens with zero attached hydrogens (tertiary/aromatic N) is 5. The molecule has 0 unspecified atom stereocenters. The van der Waals surface area contributed by atoms with Crippen LogP contribution in [0.4, 0.5) is 5.82 Å². The zero-order valence-electron chi connectivity index (χ0n) is 17.0. The van der Waals surface area contributed by atoms with Crippen molar-refractivity contribution < 1.29 is 14.3 Å². The lowest BCUT2D eigenvalue weighted by Gasteiger charge is -2.10. The number of benzene rings is 1. The maximum atomic E-state index is 12.6. The van der Waals surface area contributed by atoms with Gasteiger partial charge in [-0.15, -0.1) is 11.3 Å². The molecule has 0 saturated carbocycles. The SMILES string of the molecule is Cc1c(C(=O)OCC(=O)Nc2c(C#N)cnn2-c2ccccc2)sc2ncn(C)c(=O)c12. The average Bonchev–Trinajstić information content (AvgIpc) is 3.36. The number of hydrogen-bond acceptors (Lipinski definition) is 8. The number of hydrogen-bond donors (Lipinski definition) is 1. The molecule has 1 N–H and O–H groups in total. The second-order valence-corrected chi connectivity index (χ2v) is 7.79. The molecular weight excluding hydrogens is 432 g/mol. The standard InChI is InChI=1S/C21H16N6O4S/c1-12-16-19(23-11-26(2)20(16)29)32-17(12)21(30)31-10-15(28)25-18-13(8-22)9-24-27(18)14-6-4-3-5-7-14/h3-7,9,11H,10H2,1-2H3,(H,25,28). The summed E-state index contributed by atoms with van der Waals surface area (Å²) in [5.74, 6) is -1.20. The van der Waals surface area contributed by atoms with E-state index >= 15 is 0 Å². The molecule has 0 spiro atoms. The first-order valence-electron chi connectivity index (χ1n) is 9.36. The first-order valence-corrected chi connectivity index (χ1v) is 10.2. The predicted molar refractivity (Wildman–Crippen MR) is 117 cm³/mol. The summed E-state index contributed by atoms with van der Waals surface area (Å²) in [6.45, 7) is 1.05. The van der Waals surface area contributed by atoms with Crippen molar-refractivity contribution in [2.75, 3.05) is 11.9 Å². The van der Waals surface area contributed by atoms with Gasteiger partial charge in [0.25, 0.3) is 11.5 Å². The van der Waals surface area contributed by atoms with Gasteiger partial charge in [-0.2, -0.15) is 10.4 Å². The Morgan fingerprint density at radius 1 is 1.28 bits per heavy atom. The van der Waals surface area contributed by atoms with Gasteiger partial charge in [0, 0.05) is 7.05 Å². The van der Waals surface area contributed by atoms with E-state index in [0.717, 1.165) is 11.3 Å². The minimum Gasteiger partial charge on any atom is -0.451 e. The Kier molecular flexibility index (Phi) is 5.53.